The Kier molecular flexibility index (Phi) is 8.75. The van der Waals surface area contributed by atoms with Crippen LogP contribution in [-0.4, -0.2) is 35.5 Å². The largest absolute Gasteiger partial charge is 0.480 e. The number of aliphatic carboxylic acids is 1. The van der Waals surface area contributed by atoms with Crippen LogP contribution in [0.25, 0.3) is 0 Å². The van der Waals surface area contributed by atoms with E-state index in [9.17, 15) is 14.4 Å². The smallest absolute Gasteiger partial charge is 0.326 e. The van der Waals surface area contributed by atoms with Gasteiger partial charge in [-0.2, -0.15) is 0 Å². The molecule has 6 heteroatoms. The van der Waals surface area contributed by atoms with E-state index in [1.165, 1.54) is 0 Å². The molecule has 0 aliphatic heterocycles. The summed E-state index contributed by atoms with van der Waals surface area (Å²) < 4.78 is 0. The summed E-state index contributed by atoms with van der Waals surface area (Å²) in [6, 6.07) is -0.917. The van der Waals surface area contributed by atoms with Gasteiger partial charge in [-0.1, -0.05) is 34.6 Å². The number of hydrogen-bond donors (Lipinski definition) is 3. The molecule has 0 spiro atoms. The Morgan fingerprint density at radius 3 is 2.09 bits per heavy atom. The molecule has 22 heavy (non-hydrogen) atoms. The van der Waals surface area contributed by atoms with Gasteiger partial charge in [0.1, 0.15) is 6.04 Å². The van der Waals surface area contributed by atoms with E-state index < -0.39 is 17.9 Å². The predicted molar refractivity (Wildman–Crippen MR) is 85.3 cm³/mol. The molecule has 128 valence electrons. The van der Waals surface area contributed by atoms with E-state index in [2.05, 4.69) is 10.6 Å². The van der Waals surface area contributed by atoms with Gasteiger partial charge in [-0.25, -0.2) is 4.79 Å². The molecule has 0 aliphatic carbocycles. The second-order valence-corrected chi connectivity index (χ2v) is 7.27. The monoisotopic (exact) mass is 314 g/mol. The zero-order chi connectivity index (χ0) is 17.3. The van der Waals surface area contributed by atoms with Crippen LogP contribution in [0.5, 0.6) is 0 Å². The fraction of sp³-hybridized carbons (Fsp3) is 0.812. The highest BCUT2D eigenvalue weighted by molar-refractivity contribution is 5.87. The number of carbonyl (C=O) groups excluding carboxylic acids is 2. The molecule has 1 unspecified atom stereocenters. The third-order valence-corrected chi connectivity index (χ3v) is 3.21. The summed E-state index contributed by atoms with van der Waals surface area (Å²) >= 11 is 0. The second kappa shape index (κ2) is 9.43. The minimum Gasteiger partial charge on any atom is -0.480 e. The van der Waals surface area contributed by atoms with Gasteiger partial charge in [-0.3, -0.25) is 9.59 Å². The van der Waals surface area contributed by atoms with Gasteiger partial charge in [0, 0.05) is 6.42 Å². The van der Waals surface area contributed by atoms with Crippen LogP contribution in [0.4, 0.5) is 0 Å². The lowest BCUT2D eigenvalue weighted by Gasteiger charge is -2.21. The quantitative estimate of drug-likeness (QED) is 0.606. The molecule has 1 atom stereocenters. The normalized spacial score (nSPS) is 12.8. The van der Waals surface area contributed by atoms with Crippen LogP contribution in [0.2, 0.25) is 0 Å². The molecule has 0 saturated heterocycles. The second-order valence-electron chi connectivity index (χ2n) is 7.27. The number of amides is 2. The standard InChI is InChI=1S/C16H30N2O4/c1-11(2)6-7-13(19)17-10-14(20)18-12(15(21)22)8-9-16(3,4)5/h11-12H,6-10H2,1-5H3,(H,17,19)(H,18,20)(H,21,22). The van der Waals surface area contributed by atoms with Gasteiger partial charge < -0.3 is 15.7 Å². The van der Waals surface area contributed by atoms with Gasteiger partial charge in [0.25, 0.3) is 0 Å². The lowest BCUT2D eigenvalue weighted by atomic mass is 9.88. The van der Waals surface area contributed by atoms with Crippen molar-refractivity contribution >= 4 is 17.8 Å². The predicted octanol–water partition coefficient (Wildman–Crippen LogP) is 1.93. The van der Waals surface area contributed by atoms with E-state index in [-0.39, 0.29) is 17.9 Å². The van der Waals surface area contributed by atoms with Gasteiger partial charge in [0.15, 0.2) is 0 Å². The Morgan fingerprint density at radius 1 is 1.05 bits per heavy atom. The first kappa shape index (κ1) is 20.4. The maximum atomic E-state index is 11.7. The first-order chi connectivity index (χ1) is 10.0. The van der Waals surface area contributed by atoms with Crippen molar-refractivity contribution < 1.29 is 19.5 Å². The summed E-state index contributed by atoms with van der Waals surface area (Å²) in [6.45, 7) is 9.91. The fourth-order valence-electron chi connectivity index (χ4n) is 1.77. The van der Waals surface area contributed by atoms with Crippen LogP contribution in [-0.2, 0) is 14.4 Å². The zero-order valence-corrected chi connectivity index (χ0v) is 14.4. The van der Waals surface area contributed by atoms with Gasteiger partial charge in [-0.15, -0.1) is 0 Å². The minimum absolute atomic E-state index is 0.00346. The van der Waals surface area contributed by atoms with Crippen molar-refractivity contribution in [3.63, 3.8) is 0 Å². The molecule has 0 aromatic carbocycles. The number of carbonyl (C=O) groups is 3. The Bertz CT molecular complexity index is 386. The summed E-state index contributed by atoms with van der Waals surface area (Å²) in [7, 11) is 0. The topological polar surface area (TPSA) is 95.5 Å². The van der Waals surface area contributed by atoms with Crippen LogP contribution in [0, 0.1) is 11.3 Å². The highest BCUT2D eigenvalue weighted by Crippen LogP contribution is 2.21. The SMILES string of the molecule is CC(C)CCC(=O)NCC(=O)NC(CCC(C)(C)C)C(=O)O. The van der Waals surface area contributed by atoms with Crippen molar-refractivity contribution in [2.24, 2.45) is 11.3 Å². The van der Waals surface area contributed by atoms with Crippen molar-refractivity contribution in [1.82, 2.24) is 10.6 Å². The third kappa shape index (κ3) is 11.1. The third-order valence-electron chi connectivity index (χ3n) is 3.21. The van der Waals surface area contributed by atoms with Crippen molar-refractivity contribution in [3.8, 4) is 0 Å². The lowest BCUT2D eigenvalue weighted by Crippen LogP contribution is -2.45. The van der Waals surface area contributed by atoms with Crippen LogP contribution in [0.1, 0.15) is 60.3 Å². The number of nitrogens with one attached hydrogen (secondary N) is 2. The van der Waals surface area contributed by atoms with Gasteiger partial charge in [0.2, 0.25) is 11.8 Å². The van der Waals surface area contributed by atoms with Gasteiger partial charge >= 0.3 is 5.97 Å². The summed E-state index contributed by atoms with van der Waals surface area (Å²) in [5, 5.41) is 14.1. The van der Waals surface area contributed by atoms with Gasteiger partial charge in [-0.05, 0) is 30.6 Å². The van der Waals surface area contributed by atoms with Crippen molar-refractivity contribution in [2.45, 2.75) is 66.3 Å². The molecule has 0 aliphatic rings. The molecule has 6 nitrogen and oxygen atoms in total. The Labute approximate surface area is 133 Å². The number of hydrogen-bond acceptors (Lipinski definition) is 3. The Balaban J connectivity index is 4.18. The first-order valence-electron chi connectivity index (χ1n) is 7.80. The average molecular weight is 314 g/mol. The van der Waals surface area contributed by atoms with Crippen LogP contribution in [0.15, 0.2) is 0 Å². The van der Waals surface area contributed by atoms with E-state index in [4.69, 9.17) is 5.11 Å². The zero-order valence-electron chi connectivity index (χ0n) is 14.4. The van der Waals surface area contributed by atoms with Crippen LogP contribution >= 0.6 is 0 Å². The van der Waals surface area contributed by atoms with Crippen molar-refractivity contribution in [3.05, 3.63) is 0 Å². The molecule has 0 saturated carbocycles. The Morgan fingerprint density at radius 2 is 1.64 bits per heavy atom. The summed E-state index contributed by atoms with van der Waals surface area (Å²) in [5.74, 6) is -1.29. The fourth-order valence-corrected chi connectivity index (χ4v) is 1.77. The molecule has 0 bridgehead atoms. The van der Waals surface area contributed by atoms with Crippen molar-refractivity contribution in [2.75, 3.05) is 6.54 Å². The summed E-state index contributed by atoms with van der Waals surface area (Å²) in [4.78, 5) is 34.4. The van der Waals surface area contributed by atoms with Crippen LogP contribution < -0.4 is 10.6 Å². The molecular formula is C16H30N2O4. The molecule has 0 rings (SSSR count). The molecule has 0 aromatic heterocycles. The molecule has 0 aromatic rings. The first-order valence-corrected chi connectivity index (χ1v) is 7.80. The van der Waals surface area contributed by atoms with Crippen molar-refractivity contribution in [1.29, 1.82) is 0 Å². The van der Waals surface area contributed by atoms with E-state index in [0.717, 1.165) is 6.42 Å². The molecule has 2 amide bonds. The lowest BCUT2D eigenvalue weighted by molar-refractivity contribution is -0.142. The summed E-state index contributed by atoms with van der Waals surface area (Å²) in [6.07, 6.45) is 2.19. The van der Waals surface area contributed by atoms with E-state index in [0.29, 0.717) is 25.2 Å². The van der Waals surface area contributed by atoms with Gasteiger partial charge in [0.05, 0.1) is 6.54 Å². The van der Waals surface area contributed by atoms with Crippen LogP contribution in [0.3, 0.4) is 0 Å². The molecular weight excluding hydrogens is 284 g/mol. The molecule has 0 fully saturated rings. The van der Waals surface area contributed by atoms with E-state index in [1.54, 1.807) is 0 Å². The van der Waals surface area contributed by atoms with E-state index >= 15 is 0 Å². The highest BCUT2D eigenvalue weighted by atomic mass is 16.4. The maximum Gasteiger partial charge on any atom is 0.326 e. The molecule has 3 N–H and O–H groups in total. The molecule has 0 heterocycles. The number of carboxylic acid groups (broad SMARTS) is 1. The average Bonchev–Trinajstić information content (AvgIpc) is 2.37. The summed E-state index contributed by atoms with van der Waals surface area (Å²) in [5.41, 5.74) is 0.00346. The highest BCUT2D eigenvalue weighted by Gasteiger charge is 2.22. The minimum atomic E-state index is -1.05. The van der Waals surface area contributed by atoms with E-state index in [1.807, 2.05) is 34.6 Å². The number of carboxylic acids is 1. The Hall–Kier alpha value is -1.59. The molecule has 0 radical (unpaired) electrons. The maximum absolute atomic E-state index is 11.7. The number of rotatable bonds is 9.